The molecule has 0 aromatic heterocycles. The van der Waals surface area contributed by atoms with Gasteiger partial charge in [0, 0.05) is 54.1 Å². The maximum absolute atomic E-state index is 9.27. The number of halogens is 1. The summed E-state index contributed by atoms with van der Waals surface area (Å²) in [5.41, 5.74) is 0.843. The van der Waals surface area contributed by atoms with Crippen LogP contribution in [0.2, 0.25) is 0 Å². The van der Waals surface area contributed by atoms with E-state index in [1.54, 1.807) is 13.0 Å². The largest absolute Gasteiger partial charge is 0.508 e. The molecule has 3 heteroatoms. The van der Waals surface area contributed by atoms with Crippen LogP contribution in [0.3, 0.4) is 0 Å². The second kappa shape index (κ2) is 6.18. The van der Waals surface area contributed by atoms with Crippen LogP contribution in [0.15, 0.2) is 34.8 Å². The van der Waals surface area contributed by atoms with Crippen molar-refractivity contribution in [3.05, 3.63) is 40.4 Å². The molecule has 0 atom stereocenters. The van der Waals surface area contributed by atoms with Gasteiger partial charge in [-0.3, -0.25) is 0 Å². The average Bonchev–Trinajstić information content (AvgIpc) is 2.05. The second-order valence-electron chi connectivity index (χ2n) is 2.18. The molecule has 1 radical (unpaired) electrons. The first-order chi connectivity index (χ1) is 5.24. The fourth-order valence-electron chi connectivity index (χ4n) is 0.787. The van der Waals surface area contributed by atoms with Crippen LogP contribution in [0.25, 0.3) is 5.76 Å². The van der Waals surface area contributed by atoms with E-state index in [0.717, 1.165) is 10.0 Å². The molecule has 0 unspecified atom stereocenters. The SMILES string of the molecule is C/C=C(\O)c1ccc(Br)cc1.[Ac]. The summed E-state index contributed by atoms with van der Waals surface area (Å²) in [7, 11) is 0. The van der Waals surface area contributed by atoms with Crippen LogP contribution in [0, 0.1) is 44.1 Å². The van der Waals surface area contributed by atoms with Crippen molar-refractivity contribution >= 4 is 21.7 Å². The van der Waals surface area contributed by atoms with E-state index in [0.29, 0.717) is 5.76 Å². The van der Waals surface area contributed by atoms with E-state index in [4.69, 9.17) is 0 Å². The second-order valence-corrected chi connectivity index (χ2v) is 3.10. The molecule has 0 bridgehead atoms. The normalized spacial score (nSPS) is 10.7. The molecule has 12 heavy (non-hydrogen) atoms. The quantitative estimate of drug-likeness (QED) is 0.665. The first kappa shape index (κ1) is 12.7. The molecular weight excluding hydrogens is 431 g/mol. The van der Waals surface area contributed by atoms with Gasteiger partial charge >= 0.3 is 0 Å². The van der Waals surface area contributed by atoms with Gasteiger partial charge in [-0.2, -0.15) is 0 Å². The smallest absolute Gasteiger partial charge is 0.118 e. The van der Waals surface area contributed by atoms with Crippen LogP contribution in [0.4, 0.5) is 0 Å². The topological polar surface area (TPSA) is 20.2 Å². The van der Waals surface area contributed by atoms with Gasteiger partial charge in [-0.25, -0.2) is 0 Å². The summed E-state index contributed by atoms with van der Waals surface area (Å²) in [5.74, 6) is 0.317. The molecule has 0 aliphatic heterocycles. The van der Waals surface area contributed by atoms with Gasteiger partial charge in [0.1, 0.15) is 5.76 Å². The maximum Gasteiger partial charge on any atom is 0.118 e. The Bertz CT molecular complexity index is 266. The Morgan fingerprint density at radius 3 is 2.25 bits per heavy atom. The van der Waals surface area contributed by atoms with Gasteiger partial charge in [0.05, 0.1) is 0 Å². The molecule has 0 aliphatic rings. The van der Waals surface area contributed by atoms with Gasteiger partial charge in [0.25, 0.3) is 0 Å². The molecule has 0 amide bonds. The molecule has 0 saturated heterocycles. The average molecular weight is 440 g/mol. The van der Waals surface area contributed by atoms with Gasteiger partial charge in [0.15, 0.2) is 0 Å². The van der Waals surface area contributed by atoms with Crippen LogP contribution in [0.5, 0.6) is 0 Å². The minimum atomic E-state index is 0. The summed E-state index contributed by atoms with van der Waals surface area (Å²) < 4.78 is 1.02. The van der Waals surface area contributed by atoms with E-state index < -0.39 is 0 Å². The van der Waals surface area contributed by atoms with Crippen LogP contribution < -0.4 is 0 Å². The van der Waals surface area contributed by atoms with Crippen molar-refractivity contribution in [3.8, 4) is 0 Å². The minimum Gasteiger partial charge on any atom is -0.508 e. The molecule has 1 rings (SSSR count). The third kappa shape index (κ3) is 3.60. The van der Waals surface area contributed by atoms with Crippen molar-refractivity contribution < 1.29 is 49.2 Å². The van der Waals surface area contributed by atoms with Crippen LogP contribution in [-0.2, 0) is 0 Å². The van der Waals surface area contributed by atoms with Crippen LogP contribution in [0.1, 0.15) is 12.5 Å². The molecule has 0 heterocycles. The predicted molar refractivity (Wildman–Crippen MR) is 50.4 cm³/mol. The zero-order chi connectivity index (χ0) is 8.27. The minimum absolute atomic E-state index is 0. The number of rotatable bonds is 1. The van der Waals surface area contributed by atoms with Crippen molar-refractivity contribution in [2.45, 2.75) is 6.92 Å². The zero-order valence-electron chi connectivity index (χ0n) is 6.79. The summed E-state index contributed by atoms with van der Waals surface area (Å²) in [6.07, 6.45) is 1.67. The van der Waals surface area contributed by atoms with Crippen molar-refractivity contribution in [1.82, 2.24) is 0 Å². The summed E-state index contributed by atoms with van der Waals surface area (Å²) in [6, 6.07) is 7.52. The number of aliphatic hydroxyl groups excluding tert-OH is 1. The third-order valence-corrected chi connectivity index (χ3v) is 1.94. The first-order valence-corrected chi connectivity index (χ1v) is 4.14. The van der Waals surface area contributed by atoms with Crippen molar-refractivity contribution in [2.75, 3.05) is 0 Å². The van der Waals surface area contributed by atoms with Crippen molar-refractivity contribution in [3.63, 3.8) is 0 Å². The zero-order valence-corrected chi connectivity index (χ0v) is 13.1. The fraction of sp³-hybridized carbons (Fsp3) is 0.111. The van der Waals surface area contributed by atoms with E-state index >= 15 is 0 Å². The van der Waals surface area contributed by atoms with E-state index in [9.17, 15) is 5.11 Å². The number of allylic oxidation sites excluding steroid dienone is 1. The van der Waals surface area contributed by atoms with Gasteiger partial charge < -0.3 is 5.11 Å². The maximum atomic E-state index is 9.27. The summed E-state index contributed by atoms with van der Waals surface area (Å²) in [5, 5.41) is 9.27. The van der Waals surface area contributed by atoms with Gasteiger partial charge in [-0.05, 0) is 25.1 Å². The fourth-order valence-corrected chi connectivity index (χ4v) is 1.05. The number of aliphatic hydroxyl groups is 1. The molecule has 1 aromatic rings. The molecular formula is C9H9AcBrO. The van der Waals surface area contributed by atoms with E-state index in [1.807, 2.05) is 24.3 Å². The molecule has 0 aliphatic carbocycles. The van der Waals surface area contributed by atoms with E-state index in [1.165, 1.54) is 0 Å². The number of hydrogen-bond donors (Lipinski definition) is 1. The predicted octanol–water partition coefficient (Wildman–Crippen LogP) is 3.37. The van der Waals surface area contributed by atoms with Crippen LogP contribution >= 0.6 is 15.9 Å². The molecule has 0 spiro atoms. The van der Waals surface area contributed by atoms with Crippen molar-refractivity contribution in [2.24, 2.45) is 0 Å². The molecule has 0 saturated carbocycles. The standard InChI is InChI=1S/C9H9BrO.Ac/c1-2-9(11)7-3-5-8(10)6-4-7;/h2-6,11H,1H3;/b9-2-;. The molecule has 0 fully saturated rings. The van der Waals surface area contributed by atoms with Gasteiger partial charge in [-0.1, -0.05) is 28.1 Å². The Labute approximate surface area is 117 Å². The Morgan fingerprint density at radius 1 is 1.33 bits per heavy atom. The number of benzene rings is 1. The van der Waals surface area contributed by atoms with Gasteiger partial charge in [0.2, 0.25) is 0 Å². The van der Waals surface area contributed by atoms with Crippen LogP contribution in [-0.4, -0.2) is 5.11 Å². The molecule has 61 valence electrons. The van der Waals surface area contributed by atoms with E-state index in [2.05, 4.69) is 15.9 Å². The Hall–Kier alpha value is 0.682. The molecule has 1 N–H and O–H groups in total. The summed E-state index contributed by atoms with van der Waals surface area (Å²) in [4.78, 5) is 0. The third-order valence-electron chi connectivity index (χ3n) is 1.41. The summed E-state index contributed by atoms with van der Waals surface area (Å²) >= 11 is 3.32. The van der Waals surface area contributed by atoms with E-state index in [-0.39, 0.29) is 44.1 Å². The Morgan fingerprint density at radius 2 is 1.83 bits per heavy atom. The number of hydrogen-bond acceptors (Lipinski definition) is 1. The van der Waals surface area contributed by atoms with Gasteiger partial charge in [-0.15, -0.1) is 0 Å². The van der Waals surface area contributed by atoms with Crippen molar-refractivity contribution in [1.29, 1.82) is 0 Å². The Balaban J connectivity index is 0.00000121. The summed E-state index contributed by atoms with van der Waals surface area (Å²) in [6.45, 7) is 1.80. The first-order valence-electron chi connectivity index (χ1n) is 3.35. The monoisotopic (exact) mass is 439 g/mol. The Kier molecular flexibility index (Phi) is 6.53. The molecule has 1 aromatic carbocycles. The molecule has 1 nitrogen and oxygen atoms in total.